The summed E-state index contributed by atoms with van der Waals surface area (Å²) < 4.78 is 0.190. The van der Waals surface area contributed by atoms with Crippen LogP contribution >= 0.6 is 11.8 Å². The predicted octanol–water partition coefficient (Wildman–Crippen LogP) is 3.63. The van der Waals surface area contributed by atoms with Gasteiger partial charge in [-0.25, -0.2) is 4.98 Å². The standard InChI is InChI=1S/C13H21N3O2S/c1-5-13(6-2,19-4)9-15-12-10(3)7-11(8-14-12)16(17)18/h7-8H,5-6,9H2,1-4H3,(H,14,15). The van der Waals surface area contributed by atoms with Crippen LogP contribution in [0.15, 0.2) is 12.3 Å². The van der Waals surface area contributed by atoms with Gasteiger partial charge < -0.3 is 5.32 Å². The second-order valence-electron chi connectivity index (χ2n) is 4.56. The molecule has 0 saturated carbocycles. The van der Waals surface area contributed by atoms with Gasteiger partial charge in [-0.2, -0.15) is 11.8 Å². The molecule has 0 aliphatic heterocycles. The van der Waals surface area contributed by atoms with Gasteiger partial charge in [-0.3, -0.25) is 10.1 Å². The van der Waals surface area contributed by atoms with Crippen LogP contribution in [0.4, 0.5) is 11.5 Å². The zero-order valence-corrected chi connectivity index (χ0v) is 12.7. The normalized spacial score (nSPS) is 11.4. The van der Waals surface area contributed by atoms with Gasteiger partial charge in [-0.15, -0.1) is 0 Å². The third kappa shape index (κ3) is 3.83. The quantitative estimate of drug-likeness (QED) is 0.611. The molecule has 0 aliphatic carbocycles. The molecule has 1 aromatic rings. The molecule has 5 nitrogen and oxygen atoms in total. The molecule has 1 heterocycles. The lowest BCUT2D eigenvalue weighted by molar-refractivity contribution is -0.385. The second kappa shape index (κ2) is 6.75. The summed E-state index contributed by atoms with van der Waals surface area (Å²) in [6, 6.07) is 1.55. The van der Waals surface area contributed by atoms with Crippen LogP contribution in [0.5, 0.6) is 0 Å². The number of hydrogen-bond donors (Lipinski definition) is 1. The molecular formula is C13H21N3O2S. The molecular weight excluding hydrogens is 262 g/mol. The lowest BCUT2D eigenvalue weighted by Gasteiger charge is -2.30. The van der Waals surface area contributed by atoms with Crippen molar-refractivity contribution in [3.63, 3.8) is 0 Å². The highest BCUT2D eigenvalue weighted by Gasteiger charge is 2.25. The molecule has 0 spiro atoms. The molecule has 0 aliphatic rings. The van der Waals surface area contributed by atoms with E-state index in [1.807, 2.05) is 18.7 Å². The monoisotopic (exact) mass is 283 g/mol. The number of aryl methyl sites for hydroxylation is 1. The largest absolute Gasteiger partial charge is 0.368 e. The second-order valence-corrected chi connectivity index (χ2v) is 5.84. The Hall–Kier alpha value is -1.30. The molecule has 0 atom stereocenters. The number of rotatable bonds is 7. The number of aromatic nitrogens is 1. The van der Waals surface area contributed by atoms with Crippen LogP contribution in [0.3, 0.4) is 0 Å². The minimum atomic E-state index is -0.423. The van der Waals surface area contributed by atoms with Crippen LogP contribution in [0, 0.1) is 17.0 Å². The summed E-state index contributed by atoms with van der Waals surface area (Å²) in [7, 11) is 0. The average molecular weight is 283 g/mol. The molecule has 0 radical (unpaired) electrons. The number of anilines is 1. The Labute approximate surface area is 118 Å². The van der Waals surface area contributed by atoms with Crippen molar-refractivity contribution < 1.29 is 4.92 Å². The van der Waals surface area contributed by atoms with E-state index in [0.717, 1.165) is 30.8 Å². The van der Waals surface area contributed by atoms with Crippen molar-refractivity contribution in [3.8, 4) is 0 Å². The molecule has 6 heteroatoms. The maximum atomic E-state index is 10.7. The Morgan fingerprint density at radius 3 is 2.53 bits per heavy atom. The lowest BCUT2D eigenvalue weighted by atomic mass is 10.0. The first-order valence-corrected chi connectivity index (χ1v) is 7.60. The summed E-state index contributed by atoms with van der Waals surface area (Å²) in [6.45, 7) is 7.00. The maximum absolute atomic E-state index is 10.7. The summed E-state index contributed by atoms with van der Waals surface area (Å²) in [4.78, 5) is 14.4. The first-order valence-electron chi connectivity index (χ1n) is 6.38. The van der Waals surface area contributed by atoms with E-state index >= 15 is 0 Å². The van der Waals surface area contributed by atoms with Gasteiger partial charge in [0.25, 0.3) is 5.69 Å². The Balaban J connectivity index is 2.80. The minimum absolute atomic E-state index is 0.0326. The van der Waals surface area contributed by atoms with Gasteiger partial charge in [-0.1, -0.05) is 13.8 Å². The smallest absolute Gasteiger partial charge is 0.287 e. The summed E-state index contributed by atoms with van der Waals surface area (Å²) in [5, 5.41) is 14.0. The number of nitrogens with one attached hydrogen (secondary N) is 1. The van der Waals surface area contributed by atoms with Crippen molar-refractivity contribution in [2.75, 3.05) is 18.1 Å². The van der Waals surface area contributed by atoms with E-state index in [9.17, 15) is 10.1 Å². The highest BCUT2D eigenvalue weighted by atomic mass is 32.2. The number of nitro groups is 1. The summed E-state index contributed by atoms with van der Waals surface area (Å²) in [6.07, 6.45) is 5.56. The van der Waals surface area contributed by atoms with E-state index in [4.69, 9.17) is 0 Å². The molecule has 0 aromatic carbocycles. The van der Waals surface area contributed by atoms with E-state index in [1.54, 1.807) is 6.07 Å². The zero-order chi connectivity index (χ0) is 14.5. The fraction of sp³-hybridized carbons (Fsp3) is 0.615. The van der Waals surface area contributed by atoms with E-state index in [2.05, 4.69) is 30.4 Å². The van der Waals surface area contributed by atoms with Gasteiger partial charge in [0, 0.05) is 17.4 Å². The molecule has 0 fully saturated rings. The Kier molecular flexibility index (Phi) is 5.60. The number of thioether (sulfide) groups is 1. The molecule has 0 bridgehead atoms. The minimum Gasteiger partial charge on any atom is -0.368 e. The van der Waals surface area contributed by atoms with Crippen molar-refractivity contribution >= 4 is 23.3 Å². The van der Waals surface area contributed by atoms with Crippen LogP contribution in [0.1, 0.15) is 32.3 Å². The first-order chi connectivity index (χ1) is 8.98. The molecule has 1 rings (SSSR count). The van der Waals surface area contributed by atoms with Gasteiger partial charge >= 0.3 is 0 Å². The third-order valence-corrected chi connectivity index (χ3v) is 5.16. The SMILES string of the molecule is CCC(CC)(CNc1ncc([N+](=O)[O-])cc1C)SC. The topological polar surface area (TPSA) is 68.1 Å². The predicted molar refractivity (Wildman–Crippen MR) is 80.9 cm³/mol. The highest BCUT2D eigenvalue weighted by molar-refractivity contribution is 8.00. The van der Waals surface area contributed by atoms with Crippen LogP contribution in [0.2, 0.25) is 0 Å². The van der Waals surface area contributed by atoms with Crippen molar-refractivity contribution in [1.82, 2.24) is 4.98 Å². The van der Waals surface area contributed by atoms with Crippen molar-refractivity contribution in [2.24, 2.45) is 0 Å². The Bertz CT molecular complexity index is 439. The van der Waals surface area contributed by atoms with Crippen molar-refractivity contribution in [2.45, 2.75) is 38.4 Å². The number of nitrogens with zero attached hydrogens (tertiary/aromatic N) is 2. The summed E-state index contributed by atoms with van der Waals surface area (Å²) in [5.41, 5.74) is 0.835. The van der Waals surface area contributed by atoms with E-state index in [1.165, 1.54) is 6.20 Å². The van der Waals surface area contributed by atoms with E-state index < -0.39 is 4.92 Å². The van der Waals surface area contributed by atoms with Gasteiger partial charge in [-0.05, 0) is 31.6 Å². The summed E-state index contributed by atoms with van der Waals surface area (Å²) in [5.74, 6) is 0.728. The molecule has 19 heavy (non-hydrogen) atoms. The van der Waals surface area contributed by atoms with Crippen molar-refractivity contribution in [1.29, 1.82) is 0 Å². The van der Waals surface area contributed by atoms with Crippen molar-refractivity contribution in [3.05, 3.63) is 27.9 Å². The van der Waals surface area contributed by atoms with Gasteiger partial charge in [0.15, 0.2) is 0 Å². The average Bonchev–Trinajstić information content (AvgIpc) is 2.42. The van der Waals surface area contributed by atoms with Gasteiger partial charge in [0.05, 0.1) is 4.92 Å². The number of pyridine rings is 1. The molecule has 1 N–H and O–H groups in total. The molecule has 0 saturated heterocycles. The van der Waals surface area contributed by atoms with Crippen LogP contribution in [-0.4, -0.2) is 27.5 Å². The maximum Gasteiger partial charge on any atom is 0.287 e. The number of hydrogen-bond acceptors (Lipinski definition) is 5. The fourth-order valence-corrected chi connectivity index (χ4v) is 2.74. The molecule has 106 valence electrons. The first kappa shape index (κ1) is 15.8. The fourth-order valence-electron chi connectivity index (χ4n) is 1.95. The van der Waals surface area contributed by atoms with Gasteiger partial charge in [0.2, 0.25) is 0 Å². The van der Waals surface area contributed by atoms with E-state index in [0.29, 0.717) is 0 Å². The third-order valence-electron chi connectivity index (χ3n) is 3.57. The lowest BCUT2D eigenvalue weighted by Crippen LogP contribution is -2.32. The van der Waals surface area contributed by atoms with E-state index in [-0.39, 0.29) is 10.4 Å². The van der Waals surface area contributed by atoms with Crippen LogP contribution < -0.4 is 5.32 Å². The van der Waals surface area contributed by atoms with Crippen LogP contribution in [-0.2, 0) is 0 Å². The summed E-state index contributed by atoms with van der Waals surface area (Å²) >= 11 is 1.85. The Morgan fingerprint density at radius 2 is 2.11 bits per heavy atom. The molecule has 0 unspecified atom stereocenters. The zero-order valence-electron chi connectivity index (χ0n) is 11.9. The Morgan fingerprint density at radius 1 is 1.47 bits per heavy atom. The molecule has 1 aromatic heterocycles. The van der Waals surface area contributed by atoms with Crippen LogP contribution in [0.25, 0.3) is 0 Å². The van der Waals surface area contributed by atoms with Gasteiger partial charge in [0.1, 0.15) is 12.0 Å². The molecule has 0 amide bonds. The highest BCUT2D eigenvalue weighted by Crippen LogP contribution is 2.31.